The lowest BCUT2D eigenvalue weighted by Gasteiger charge is -2.10. The Labute approximate surface area is 134 Å². The number of carbonyl (C=O) groups excluding carboxylic acids is 1. The zero-order valence-corrected chi connectivity index (χ0v) is 13.3. The van der Waals surface area contributed by atoms with E-state index in [1.165, 1.54) is 18.4 Å². The van der Waals surface area contributed by atoms with Gasteiger partial charge in [-0.25, -0.2) is 4.98 Å². The smallest absolute Gasteiger partial charge is 0.226 e. The van der Waals surface area contributed by atoms with Crippen molar-refractivity contribution in [1.29, 1.82) is 0 Å². The van der Waals surface area contributed by atoms with Crippen LogP contribution in [0.4, 0.5) is 0 Å². The van der Waals surface area contributed by atoms with Gasteiger partial charge in [0.1, 0.15) is 0 Å². The third kappa shape index (κ3) is 4.39. The summed E-state index contributed by atoms with van der Waals surface area (Å²) in [6.07, 6.45) is 3.56. The van der Waals surface area contributed by atoms with Crippen LogP contribution >= 0.6 is 11.3 Å². The molecule has 5 heteroatoms. The van der Waals surface area contributed by atoms with E-state index in [9.17, 15) is 4.79 Å². The predicted molar refractivity (Wildman–Crippen MR) is 88.8 cm³/mol. The van der Waals surface area contributed by atoms with Crippen molar-refractivity contribution in [3.05, 3.63) is 52.0 Å². The molecule has 0 saturated heterocycles. The van der Waals surface area contributed by atoms with Crippen molar-refractivity contribution in [2.45, 2.75) is 31.7 Å². The van der Waals surface area contributed by atoms with Crippen LogP contribution in [-0.2, 0) is 17.6 Å². The monoisotopic (exact) mass is 315 g/mol. The first-order valence-electron chi connectivity index (χ1n) is 7.70. The summed E-state index contributed by atoms with van der Waals surface area (Å²) in [5, 5.41) is 5.93. The summed E-state index contributed by atoms with van der Waals surface area (Å²) in [5.74, 6) is 0.615. The highest BCUT2D eigenvalue weighted by molar-refractivity contribution is 7.09. The highest BCUT2D eigenvalue weighted by atomic mass is 32.1. The lowest BCUT2D eigenvalue weighted by Crippen LogP contribution is -2.39. The van der Waals surface area contributed by atoms with Crippen LogP contribution < -0.4 is 11.1 Å². The highest BCUT2D eigenvalue weighted by Gasteiger charge is 2.28. The Morgan fingerprint density at radius 2 is 2.14 bits per heavy atom. The van der Waals surface area contributed by atoms with Gasteiger partial charge in [0.05, 0.1) is 17.1 Å². The van der Waals surface area contributed by atoms with E-state index in [-0.39, 0.29) is 11.9 Å². The van der Waals surface area contributed by atoms with Crippen molar-refractivity contribution in [2.24, 2.45) is 11.7 Å². The number of nitrogens with one attached hydrogen (secondary N) is 1. The Hall–Kier alpha value is -1.72. The first kappa shape index (κ1) is 15.2. The molecule has 0 spiro atoms. The van der Waals surface area contributed by atoms with Crippen molar-refractivity contribution in [3.8, 4) is 0 Å². The minimum atomic E-state index is 0.00709. The largest absolute Gasteiger partial charge is 0.354 e. The maximum atomic E-state index is 11.9. The minimum Gasteiger partial charge on any atom is -0.354 e. The standard InChI is InChI=1S/C17H21N3OS/c18-15(13-6-7-13)10-19-16(21)9-14-11-22-17(20-14)8-12-4-2-1-3-5-12/h1-5,11,13,15H,6-10,18H2,(H,19,21). The second-order valence-electron chi connectivity index (χ2n) is 5.88. The van der Waals surface area contributed by atoms with E-state index in [1.54, 1.807) is 11.3 Å². The second-order valence-corrected chi connectivity index (χ2v) is 6.82. The molecule has 4 nitrogen and oxygen atoms in total. The topological polar surface area (TPSA) is 68.0 Å². The Morgan fingerprint density at radius 1 is 1.36 bits per heavy atom. The zero-order valence-electron chi connectivity index (χ0n) is 12.5. The normalized spacial score (nSPS) is 15.5. The molecule has 1 aromatic heterocycles. The summed E-state index contributed by atoms with van der Waals surface area (Å²) < 4.78 is 0. The molecule has 0 aliphatic heterocycles. The van der Waals surface area contributed by atoms with Gasteiger partial charge in [-0.2, -0.15) is 0 Å². The molecule has 1 aliphatic carbocycles. The summed E-state index contributed by atoms with van der Waals surface area (Å²) >= 11 is 1.61. The molecule has 116 valence electrons. The van der Waals surface area contributed by atoms with Crippen LogP contribution in [0.25, 0.3) is 0 Å². The average molecular weight is 315 g/mol. The Bertz CT molecular complexity index is 622. The highest BCUT2D eigenvalue weighted by Crippen LogP contribution is 2.31. The third-order valence-electron chi connectivity index (χ3n) is 3.90. The molecule has 1 amide bonds. The number of nitrogens with two attached hydrogens (primary N) is 1. The number of amides is 1. The van der Waals surface area contributed by atoms with Crippen LogP contribution in [0.15, 0.2) is 35.7 Å². The third-order valence-corrected chi connectivity index (χ3v) is 4.80. The van der Waals surface area contributed by atoms with Crippen molar-refractivity contribution < 1.29 is 4.79 Å². The van der Waals surface area contributed by atoms with E-state index in [4.69, 9.17) is 5.73 Å². The SMILES string of the molecule is NC(CNC(=O)Cc1csc(Cc2ccccc2)n1)C1CC1. The van der Waals surface area contributed by atoms with Gasteiger partial charge in [-0.15, -0.1) is 11.3 Å². The summed E-state index contributed by atoms with van der Waals surface area (Å²) in [6.45, 7) is 0.574. The number of aromatic nitrogens is 1. The van der Waals surface area contributed by atoms with Crippen LogP contribution in [0.2, 0.25) is 0 Å². The van der Waals surface area contributed by atoms with Crippen LogP contribution in [0, 0.1) is 5.92 Å². The number of hydrogen-bond acceptors (Lipinski definition) is 4. The van der Waals surface area contributed by atoms with E-state index in [0.717, 1.165) is 17.1 Å². The van der Waals surface area contributed by atoms with Crippen LogP contribution in [-0.4, -0.2) is 23.5 Å². The molecule has 1 atom stereocenters. The van der Waals surface area contributed by atoms with E-state index < -0.39 is 0 Å². The summed E-state index contributed by atoms with van der Waals surface area (Å²) in [5.41, 5.74) is 8.06. The maximum Gasteiger partial charge on any atom is 0.226 e. The summed E-state index contributed by atoms with van der Waals surface area (Å²) in [4.78, 5) is 16.5. The van der Waals surface area contributed by atoms with Gasteiger partial charge < -0.3 is 11.1 Å². The van der Waals surface area contributed by atoms with E-state index >= 15 is 0 Å². The molecule has 0 bridgehead atoms. The minimum absolute atomic E-state index is 0.00709. The fourth-order valence-corrected chi connectivity index (χ4v) is 3.26. The van der Waals surface area contributed by atoms with Gasteiger partial charge in [-0.1, -0.05) is 30.3 Å². The van der Waals surface area contributed by atoms with Gasteiger partial charge in [-0.05, 0) is 24.3 Å². The van der Waals surface area contributed by atoms with Gasteiger partial charge >= 0.3 is 0 Å². The van der Waals surface area contributed by atoms with E-state index in [2.05, 4.69) is 22.4 Å². The van der Waals surface area contributed by atoms with Gasteiger partial charge in [0.25, 0.3) is 0 Å². The molecular formula is C17H21N3OS. The molecule has 2 aromatic rings. The predicted octanol–water partition coefficient (Wildman–Crippen LogP) is 2.13. The molecule has 1 heterocycles. The molecule has 1 fully saturated rings. The molecule has 3 rings (SSSR count). The molecule has 1 saturated carbocycles. The Balaban J connectivity index is 1.47. The van der Waals surface area contributed by atoms with Gasteiger partial charge in [0.2, 0.25) is 5.91 Å². The van der Waals surface area contributed by atoms with Crippen molar-refractivity contribution in [2.75, 3.05) is 6.54 Å². The number of thiazole rings is 1. The second kappa shape index (κ2) is 7.03. The first-order valence-corrected chi connectivity index (χ1v) is 8.58. The number of nitrogens with zero attached hydrogens (tertiary/aromatic N) is 1. The van der Waals surface area contributed by atoms with Crippen molar-refractivity contribution >= 4 is 17.2 Å². The quantitative estimate of drug-likeness (QED) is 0.822. The molecule has 1 unspecified atom stereocenters. The van der Waals surface area contributed by atoms with E-state index in [1.807, 2.05) is 23.6 Å². The van der Waals surface area contributed by atoms with Gasteiger partial charge in [-0.3, -0.25) is 4.79 Å². The molecule has 1 aliphatic rings. The van der Waals surface area contributed by atoms with E-state index in [0.29, 0.717) is 18.9 Å². The number of benzene rings is 1. The Kier molecular flexibility index (Phi) is 4.85. The summed E-state index contributed by atoms with van der Waals surface area (Å²) in [6, 6.07) is 10.3. The molecule has 0 radical (unpaired) electrons. The van der Waals surface area contributed by atoms with Crippen LogP contribution in [0.5, 0.6) is 0 Å². The average Bonchev–Trinajstić information content (AvgIpc) is 3.29. The van der Waals surface area contributed by atoms with Crippen LogP contribution in [0.1, 0.15) is 29.1 Å². The lowest BCUT2D eigenvalue weighted by molar-refractivity contribution is -0.120. The zero-order chi connectivity index (χ0) is 15.4. The van der Waals surface area contributed by atoms with Gasteiger partial charge in [0, 0.05) is 24.4 Å². The molecule has 1 aromatic carbocycles. The molecule has 3 N–H and O–H groups in total. The van der Waals surface area contributed by atoms with Crippen molar-refractivity contribution in [1.82, 2.24) is 10.3 Å². The first-order chi connectivity index (χ1) is 10.7. The number of hydrogen-bond donors (Lipinski definition) is 2. The lowest BCUT2D eigenvalue weighted by atomic mass is 10.2. The van der Waals surface area contributed by atoms with Crippen LogP contribution in [0.3, 0.4) is 0 Å². The molecule has 22 heavy (non-hydrogen) atoms. The Morgan fingerprint density at radius 3 is 2.86 bits per heavy atom. The van der Waals surface area contributed by atoms with Gasteiger partial charge in [0.15, 0.2) is 0 Å². The summed E-state index contributed by atoms with van der Waals surface area (Å²) in [7, 11) is 0. The number of carbonyl (C=O) groups is 1. The fraction of sp³-hybridized carbons (Fsp3) is 0.412. The van der Waals surface area contributed by atoms with Crippen molar-refractivity contribution in [3.63, 3.8) is 0 Å². The molecular weight excluding hydrogens is 294 g/mol. The maximum absolute atomic E-state index is 11.9. The number of rotatable bonds is 7. The fourth-order valence-electron chi connectivity index (χ4n) is 2.43.